The van der Waals surface area contributed by atoms with E-state index in [9.17, 15) is 0 Å². The minimum atomic E-state index is 0.859. The van der Waals surface area contributed by atoms with E-state index in [4.69, 9.17) is 5.84 Å². The molecule has 1 rings (SSSR count). The molecule has 1 aromatic heterocycles. The molecule has 3 nitrogen and oxygen atoms in total. The van der Waals surface area contributed by atoms with E-state index in [0.29, 0.717) is 0 Å². The number of thiol groups is 1. The predicted octanol–water partition coefficient (Wildman–Crippen LogP) is -0.236. The third-order valence-electron chi connectivity index (χ3n) is 1.70. The smallest absolute Gasteiger partial charge is 0.0975 e. The molecule has 0 aliphatic carbocycles. The topological polar surface area (TPSA) is 43.8 Å². The second kappa shape index (κ2) is 3.67. The third-order valence-corrected chi connectivity index (χ3v) is 1.95. The standard InChI is InChI=1S/C8H13N3S/c1-3-4-7-6(2)10-11(9)8(7)5-12/h4-5,12H,3,9H2,1-2H3/b7-4-,8-5+. The maximum absolute atomic E-state index is 5.59. The van der Waals surface area contributed by atoms with Crippen molar-refractivity contribution in [1.29, 1.82) is 0 Å². The molecule has 1 aromatic rings. The van der Waals surface area contributed by atoms with Crippen molar-refractivity contribution in [2.45, 2.75) is 20.3 Å². The van der Waals surface area contributed by atoms with Crippen LogP contribution < -0.4 is 16.4 Å². The minimum Gasteiger partial charge on any atom is -0.323 e. The van der Waals surface area contributed by atoms with Crippen LogP contribution in [0.4, 0.5) is 0 Å². The van der Waals surface area contributed by atoms with Crippen molar-refractivity contribution in [2.24, 2.45) is 0 Å². The summed E-state index contributed by atoms with van der Waals surface area (Å²) in [4.78, 5) is 1.35. The molecule has 0 aliphatic rings. The van der Waals surface area contributed by atoms with E-state index in [-0.39, 0.29) is 0 Å². The molecule has 0 aromatic carbocycles. The van der Waals surface area contributed by atoms with Crippen LogP contribution in [-0.2, 0) is 0 Å². The Morgan fingerprint density at radius 2 is 2.33 bits per heavy atom. The van der Waals surface area contributed by atoms with Crippen molar-refractivity contribution >= 4 is 24.1 Å². The first-order chi connectivity index (χ1) is 5.70. The number of aromatic nitrogens is 2. The molecule has 2 N–H and O–H groups in total. The van der Waals surface area contributed by atoms with Crippen LogP contribution >= 0.6 is 12.6 Å². The van der Waals surface area contributed by atoms with Crippen LogP contribution in [0.2, 0.25) is 0 Å². The second-order valence-corrected chi connectivity index (χ2v) is 2.83. The molecule has 66 valence electrons. The molecule has 0 saturated carbocycles. The SMILES string of the molecule is CC/C=c1/c(C)nn(N)/c1=C/S. The van der Waals surface area contributed by atoms with Gasteiger partial charge in [0.2, 0.25) is 0 Å². The summed E-state index contributed by atoms with van der Waals surface area (Å²) in [6.45, 7) is 4.02. The molecule has 0 spiro atoms. The molecule has 4 heteroatoms. The van der Waals surface area contributed by atoms with Gasteiger partial charge in [0.15, 0.2) is 0 Å². The second-order valence-electron chi connectivity index (χ2n) is 2.57. The van der Waals surface area contributed by atoms with Crippen LogP contribution in [0, 0.1) is 6.92 Å². The van der Waals surface area contributed by atoms with Gasteiger partial charge >= 0.3 is 0 Å². The molecule has 0 bridgehead atoms. The van der Waals surface area contributed by atoms with Crippen molar-refractivity contribution in [3.05, 3.63) is 16.3 Å². The van der Waals surface area contributed by atoms with Gasteiger partial charge in [0.05, 0.1) is 11.0 Å². The first kappa shape index (κ1) is 9.19. The summed E-state index contributed by atoms with van der Waals surface area (Å²) < 4.78 is 0. The van der Waals surface area contributed by atoms with Gasteiger partial charge < -0.3 is 5.84 Å². The van der Waals surface area contributed by atoms with E-state index in [1.54, 1.807) is 5.41 Å². The summed E-state index contributed by atoms with van der Waals surface area (Å²) in [6.07, 6.45) is 3.06. The monoisotopic (exact) mass is 183 g/mol. The van der Waals surface area contributed by atoms with Gasteiger partial charge in [0, 0.05) is 5.22 Å². The summed E-state index contributed by atoms with van der Waals surface area (Å²) in [5.74, 6) is 5.59. The Balaban J connectivity index is 3.56. The molecule has 0 saturated heterocycles. The fourth-order valence-electron chi connectivity index (χ4n) is 1.16. The van der Waals surface area contributed by atoms with Crippen molar-refractivity contribution in [3.8, 4) is 0 Å². The molecule has 0 radical (unpaired) electrons. The van der Waals surface area contributed by atoms with Gasteiger partial charge in [0.1, 0.15) is 0 Å². The highest BCUT2D eigenvalue weighted by molar-refractivity contribution is 7.88. The van der Waals surface area contributed by atoms with Crippen LogP contribution in [0.1, 0.15) is 19.0 Å². The van der Waals surface area contributed by atoms with Gasteiger partial charge in [-0.25, -0.2) is 0 Å². The summed E-state index contributed by atoms with van der Waals surface area (Å²) in [5.41, 5.74) is 0.944. The van der Waals surface area contributed by atoms with Crippen molar-refractivity contribution in [1.82, 2.24) is 9.89 Å². The molecule has 0 atom stereocenters. The summed E-state index contributed by atoms with van der Waals surface area (Å²) in [5, 5.41) is 7.69. The molecule has 1 heterocycles. The van der Waals surface area contributed by atoms with E-state index in [0.717, 1.165) is 22.7 Å². The Labute approximate surface area is 76.9 Å². The van der Waals surface area contributed by atoms with Crippen molar-refractivity contribution < 1.29 is 0 Å². The molecule has 0 fully saturated rings. The maximum Gasteiger partial charge on any atom is 0.0975 e. The highest BCUT2D eigenvalue weighted by atomic mass is 32.1. The number of rotatable bonds is 1. The summed E-state index contributed by atoms with van der Waals surface area (Å²) in [7, 11) is 0. The van der Waals surface area contributed by atoms with Gasteiger partial charge in [-0.15, -0.1) is 12.6 Å². The zero-order valence-electron chi connectivity index (χ0n) is 7.28. The zero-order valence-corrected chi connectivity index (χ0v) is 8.18. The lowest BCUT2D eigenvalue weighted by molar-refractivity contribution is 0.794. The lowest BCUT2D eigenvalue weighted by Crippen LogP contribution is -2.33. The Kier molecular flexibility index (Phi) is 2.81. The number of nitrogen functional groups attached to an aromatic ring is 1. The molecular weight excluding hydrogens is 170 g/mol. The van der Waals surface area contributed by atoms with Crippen molar-refractivity contribution in [2.75, 3.05) is 5.84 Å². The quantitative estimate of drug-likeness (QED) is 0.466. The predicted molar refractivity (Wildman–Crippen MR) is 54.6 cm³/mol. The average Bonchev–Trinajstić information content (AvgIpc) is 2.28. The van der Waals surface area contributed by atoms with Gasteiger partial charge in [0.25, 0.3) is 0 Å². The summed E-state index contributed by atoms with van der Waals surface area (Å²) in [6, 6.07) is 0. The first-order valence-electron chi connectivity index (χ1n) is 3.86. The highest BCUT2D eigenvalue weighted by Gasteiger charge is 1.97. The molecule has 12 heavy (non-hydrogen) atoms. The van der Waals surface area contributed by atoms with Gasteiger partial charge in [-0.05, 0) is 18.8 Å². The van der Waals surface area contributed by atoms with Gasteiger partial charge in [-0.2, -0.15) is 9.89 Å². The van der Waals surface area contributed by atoms with Crippen LogP contribution in [0.15, 0.2) is 0 Å². The van der Waals surface area contributed by atoms with Crippen LogP contribution in [-0.4, -0.2) is 9.89 Å². The normalized spacial score (nSPS) is 14.2. The molecule has 0 amide bonds. The van der Waals surface area contributed by atoms with Crippen LogP contribution in [0.3, 0.4) is 0 Å². The van der Waals surface area contributed by atoms with Crippen LogP contribution in [0.25, 0.3) is 11.5 Å². The first-order valence-corrected chi connectivity index (χ1v) is 4.37. The lowest BCUT2D eigenvalue weighted by Gasteiger charge is -1.85. The van der Waals surface area contributed by atoms with E-state index in [2.05, 4.69) is 30.7 Å². The van der Waals surface area contributed by atoms with Crippen molar-refractivity contribution in [3.63, 3.8) is 0 Å². The summed E-state index contributed by atoms with van der Waals surface area (Å²) >= 11 is 4.07. The Morgan fingerprint density at radius 3 is 2.83 bits per heavy atom. The Hall–Kier alpha value is -0.900. The Morgan fingerprint density at radius 1 is 1.67 bits per heavy atom. The number of hydrogen-bond donors (Lipinski definition) is 2. The van der Waals surface area contributed by atoms with E-state index in [1.807, 2.05) is 6.92 Å². The Bertz CT molecular complexity index is 378. The number of aryl methyl sites for hydroxylation is 1. The van der Waals surface area contributed by atoms with Crippen LogP contribution in [0.5, 0.6) is 0 Å². The number of nitrogens with two attached hydrogens (primary N) is 1. The lowest BCUT2D eigenvalue weighted by atomic mass is 10.3. The zero-order chi connectivity index (χ0) is 9.14. The average molecular weight is 183 g/mol. The fraction of sp³-hybridized carbons (Fsp3) is 0.375. The third kappa shape index (κ3) is 1.48. The maximum atomic E-state index is 5.59. The molecular formula is C8H13N3S. The van der Waals surface area contributed by atoms with E-state index < -0.39 is 0 Å². The largest absolute Gasteiger partial charge is 0.323 e. The van der Waals surface area contributed by atoms with Gasteiger partial charge in [-0.3, -0.25) is 0 Å². The highest BCUT2D eigenvalue weighted by Crippen LogP contribution is 1.80. The minimum absolute atomic E-state index is 0.859. The van der Waals surface area contributed by atoms with E-state index >= 15 is 0 Å². The number of hydrogen-bond acceptors (Lipinski definition) is 3. The molecule has 0 unspecified atom stereocenters. The van der Waals surface area contributed by atoms with Gasteiger partial charge in [-0.1, -0.05) is 13.0 Å². The van der Waals surface area contributed by atoms with E-state index in [1.165, 1.54) is 4.79 Å². The number of nitrogens with zero attached hydrogens (tertiary/aromatic N) is 2. The fourth-order valence-corrected chi connectivity index (χ4v) is 1.42. The molecule has 0 aliphatic heterocycles.